The fraction of sp³-hybridized carbons (Fsp3) is 0.381. The Morgan fingerprint density at radius 3 is 2.63 bits per heavy atom. The van der Waals surface area contributed by atoms with Crippen molar-refractivity contribution in [1.82, 2.24) is 14.8 Å². The number of carbonyl (C=O) groups excluding carboxylic acids is 1. The minimum absolute atomic E-state index is 0.0125. The summed E-state index contributed by atoms with van der Waals surface area (Å²) in [5.41, 5.74) is 3.33. The lowest BCUT2D eigenvalue weighted by Gasteiger charge is -2.08. The van der Waals surface area contributed by atoms with Gasteiger partial charge in [-0.05, 0) is 32.0 Å². The number of aromatic nitrogens is 3. The smallest absolute Gasteiger partial charge is 0.277 e. The lowest BCUT2D eigenvalue weighted by Crippen LogP contribution is -2.09. The fourth-order valence-electron chi connectivity index (χ4n) is 3.17. The normalized spacial score (nSPS) is 11.0. The van der Waals surface area contributed by atoms with Gasteiger partial charge < -0.3 is 23.2 Å². The SMILES string of the molecule is COCCn1c(C)cc(C(=O)CSc2nnc(-c3ccc(OC)cc3OC)o2)c1C. The number of ether oxygens (including phenoxy) is 3. The molecule has 3 rings (SSSR count). The highest BCUT2D eigenvalue weighted by atomic mass is 32.2. The number of methoxy groups -OCH3 is 3. The van der Waals surface area contributed by atoms with Crippen molar-refractivity contribution in [3.63, 3.8) is 0 Å². The van der Waals surface area contributed by atoms with Crippen molar-refractivity contribution in [2.75, 3.05) is 33.7 Å². The molecular weight excluding hydrogens is 406 g/mol. The summed E-state index contributed by atoms with van der Waals surface area (Å²) in [4.78, 5) is 12.7. The average molecular weight is 432 g/mol. The van der Waals surface area contributed by atoms with Crippen molar-refractivity contribution in [1.29, 1.82) is 0 Å². The zero-order valence-electron chi connectivity index (χ0n) is 17.7. The third-order valence-electron chi connectivity index (χ3n) is 4.77. The molecule has 0 fully saturated rings. The molecule has 0 saturated carbocycles. The highest BCUT2D eigenvalue weighted by Crippen LogP contribution is 2.33. The Morgan fingerprint density at radius 2 is 1.93 bits per heavy atom. The van der Waals surface area contributed by atoms with Crippen molar-refractivity contribution in [3.05, 3.63) is 41.2 Å². The van der Waals surface area contributed by atoms with Crippen LogP contribution < -0.4 is 9.47 Å². The van der Waals surface area contributed by atoms with Crippen molar-refractivity contribution < 1.29 is 23.4 Å². The summed E-state index contributed by atoms with van der Waals surface area (Å²) >= 11 is 1.21. The van der Waals surface area contributed by atoms with Gasteiger partial charge in [0, 0.05) is 36.7 Å². The van der Waals surface area contributed by atoms with Crippen LogP contribution in [0.5, 0.6) is 11.5 Å². The van der Waals surface area contributed by atoms with E-state index in [1.54, 1.807) is 39.5 Å². The Balaban J connectivity index is 1.70. The summed E-state index contributed by atoms with van der Waals surface area (Å²) in [7, 11) is 4.81. The first-order valence-electron chi connectivity index (χ1n) is 9.36. The molecule has 0 aliphatic carbocycles. The predicted molar refractivity (Wildman–Crippen MR) is 114 cm³/mol. The average Bonchev–Trinajstić information content (AvgIpc) is 3.34. The fourth-order valence-corrected chi connectivity index (χ4v) is 3.81. The van der Waals surface area contributed by atoms with E-state index in [2.05, 4.69) is 14.8 Å². The van der Waals surface area contributed by atoms with E-state index in [1.165, 1.54) is 11.8 Å². The maximum Gasteiger partial charge on any atom is 0.277 e. The topological polar surface area (TPSA) is 88.6 Å². The van der Waals surface area contributed by atoms with E-state index in [4.69, 9.17) is 18.6 Å². The van der Waals surface area contributed by atoms with E-state index in [0.717, 1.165) is 11.4 Å². The Labute approximate surface area is 179 Å². The first-order valence-corrected chi connectivity index (χ1v) is 10.3. The highest BCUT2D eigenvalue weighted by Gasteiger charge is 2.19. The zero-order valence-corrected chi connectivity index (χ0v) is 18.5. The molecule has 0 aliphatic rings. The number of aryl methyl sites for hydroxylation is 1. The number of benzene rings is 1. The minimum atomic E-state index is 0.0125. The second kappa shape index (κ2) is 9.82. The van der Waals surface area contributed by atoms with Crippen molar-refractivity contribution in [2.45, 2.75) is 25.6 Å². The number of Topliss-reactive ketones (excluding diaryl/α,β-unsaturated/α-hetero) is 1. The second-order valence-electron chi connectivity index (χ2n) is 6.58. The number of hydrogen-bond donors (Lipinski definition) is 0. The number of ketones is 1. The second-order valence-corrected chi connectivity index (χ2v) is 7.51. The molecule has 0 saturated heterocycles. The van der Waals surface area contributed by atoms with E-state index >= 15 is 0 Å². The van der Waals surface area contributed by atoms with Crippen LogP contribution in [0.1, 0.15) is 21.7 Å². The Kier molecular flexibility index (Phi) is 7.17. The molecule has 8 nitrogen and oxygen atoms in total. The van der Waals surface area contributed by atoms with E-state index in [9.17, 15) is 4.79 Å². The third-order valence-corrected chi connectivity index (χ3v) is 5.58. The molecule has 0 unspecified atom stereocenters. The lowest BCUT2D eigenvalue weighted by atomic mass is 10.2. The van der Waals surface area contributed by atoms with Gasteiger partial charge in [-0.3, -0.25) is 4.79 Å². The van der Waals surface area contributed by atoms with Gasteiger partial charge >= 0.3 is 0 Å². The number of rotatable bonds is 10. The molecule has 0 amide bonds. The minimum Gasteiger partial charge on any atom is -0.497 e. The summed E-state index contributed by atoms with van der Waals surface area (Å²) in [5.74, 6) is 1.77. The molecule has 30 heavy (non-hydrogen) atoms. The van der Waals surface area contributed by atoms with E-state index in [-0.39, 0.29) is 11.5 Å². The van der Waals surface area contributed by atoms with Crippen LogP contribution in [0.3, 0.4) is 0 Å². The van der Waals surface area contributed by atoms with Crippen LogP contribution in [0.15, 0.2) is 33.9 Å². The summed E-state index contributed by atoms with van der Waals surface area (Å²) < 4.78 is 23.5. The molecule has 160 valence electrons. The quantitative estimate of drug-likeness (QED) is 0.354. The van der Waals surface area contributed by atoms with E-state index in [0.29, 0.717) is 46.9 Å². The van der Waals surface area contributed by atoms with Crippen LogP contribution >= 0.6 is 11.8 Å². The van der Waals surface area contributed by atoms with Gasteiger partial charge in [-0.2, -0.15) is 0 Å². The van der Waals surface area contributed by atoms with Crippen LogP contribution in [-0.2, 0) is 11.3 Å². The molecule has 2 aromatic heterocycles. The first-order chi connectivity index (χ1) is 14.5. The number of nitrogens with zero attached hydrogens (tertiary/aromatic N) is 3. The lowest BCUT2D eigenvalue weighted by molar-refractivity contribution is 0.102. The van der Waals surface area contributed by atoms with Gasteiger partial charge in [-0.1, -0.05) is 11.8 Å². The third kappa shape index (κ3) is 4.68. The predicted octanol–water partition coefficient (Wildman–Crippen LogP) is 3.79. The molecule has 1 aromatic carbocycles. The van der Waals surface area contributed by atoms with Crippen LogP contribution in [0, 0.1) is 13.8 Å². The van der Waals surface area contributed by atoms with Gasteiger partial charge in [0.2, 0.25) is 0 Å². The maximum absolute atomic E-state index is 12.7. The molecule has 9 heteroatoms. The van der Waals surface area contributed by atoms with Crippen LogP contribution in [-0.4, -0.2) is 54.2 Å². The van der Waals surface area contributed by atoms with E-state index in [1.807, 2.05) is 19.9 Å². The molecule has 0 radical (unpaired) electrons. The van der Waals surface area contributed by atoms with Gasteiger partial charge in [0.1, 0.15) is 11.5 Å². The molecule has 2 heterocycles. The Hall–Kier alpha value is -2.78. The monoisotopic (exact) mass is 431 g/mol. The number of thioether (sulfide) groups is 1. The summed E-state index contributed by atoms with van der Waals surface area (Å²) in [5, 5.41) is 8.45. The van der Waals surface area contributed by atoms with Gasteiger partial charge in [-0.15, -0.1) is 10.2 Å². The number of carbonyl (C=O) groups is 1. The van der Waals surface area contributed by atoms with Crippen molar-refractivity contribution >= 4 is 17.5 Å². The Morgan fingerprint density at radius 1 is 1.13 bits per heavy atom. The summed E-state index contributed by atoms with van der Waals surface area (Å²) in [6.07, 6.45) is 0. The van der Waals surface area contributed by atoms with Crippen LogP contribution in [0.2, 0.25) is 0 Å². The van der Waals surface area contributed by atoms with Crippen LogP contribution in [0.25, 0.3) is 11.5 Å². The number of hydrogen-bond acceptors (Lipinski definition) is 8. The molecule has 0 bridgehead atoms. The molecule has 0 atom stereocenters. The largest absolute Gasteiger partial charge is 0.497 e. The van der Waals surface area contributed by atoms with Gasteiger partial charge in [0.15, 0.2) is 5.78 Å². The van der Waals surface area contributed by atoms with Crippen molar-refractivity contribution in [3.8, 4) is 23.0 Å². The van der Waals surface area contributed by atoms with Crippen LogP contribution in [0.4, 0.5) is 0 Å². The molecule has 3 aromatic rings. The highest BCUT2D eigenvalue weighted by molar-refractivity contribution is 7.99. The van der Waals surface area contributed by atoms with Crippen molar-refractivity contribution in [2.24, 2.45) is 0 Å². The molecular formula is C21H25N3O5S. The standard InChI is InChI=1S/C21H25N3O5S/c1-13-10-17(14(2)24(13)8-9-26-3)18(25)12-30-21-23-22-20(29-21)16-7-6-15(27-4)11-19(16)28-5/h6-7,10-11H,8-9,12H2,1-5H3. The summed E-state index contributed by atoms with van der Waals surface area (Å²) in [6.45, 7) is 5.24. The molecule has 0 aliphatic heterocycles. The summed E-state index contributed by atoms with van der Waals surface area (Å²) in [6, 6.07) is 7.24. The van der Waals surface area contributed by atoms with Gasteiger partial charge in [-0.25, -0.2) is 0 Å². The Bertz CT molecular complexity index is 1030. The molecule has 0 N–H and O–H groups in total. The maximum atomic E-state index is 12.7. The van der Waals surface area contributed by atoms with Gasteiger partial charge in [0.05, 0.1) is 32.1 Å². The zero-order chi connectivity index (χ0) is 21.7. The van der Waals surface area contributed by atoms with Gasteiger partial charge in [0.25, 0.3) is 11.1 Å². The van der Waals surface area contributed by atoms with E-state index < -0.39 is 0 Å². The first kappa shape index (κ1) is 21.9. The molecule has 0 spiro atoms.